The quantitative estimate of drug-likeness (QED) is 0.394. The number of rotatable bonds is 6. The van der Waals surface area contributed by atoms with Crippen molar-refractivity contribution in [2.24, 2.45) is 0 Å². The van der Waals surface area contributed by atoms with Gasteiger partial charge in [0.05, 0.1) is 21.7 Å². The monoisotopic (exact) mass is 433 g/mol. The number of benzene rings is 3. The zero-order valence-electron chi connectivity index (χ0n) is 14.8. The van der Waals surface area contributed by atoms with Crippen LogP contribution in [0.1, 0.15) is 27.0 Å². The van der Waals surface area contributed by atoms with Crippen LogP contribution in [-0.4, -0.2) is 11.1 Å². The number of allylic oxidation sites excluding steroid dienone is 1. The van der Waals surface area contributed by atoms with Crippen molar-refractivity contribution in [2.45, 2.75) is 6.61 Å². The summed E-state index contributed by atoms with van der Waals surface area (Å²) in [5.41, 5.74) is 3.45. The van der Waals surface area contributed by atoms with E-state index in [1.807, 2.05) is 54.6 Å². The second-order valence-electron chi connectivity index (χ2n) is 6.02. The van der Waals surface area contributed by atoms with Crippen molar-refractivity contribution < 1.29 is 14.6 Å². The molecule has 0 spiro atoms. The van der Waals surface area contributed by atoms with Gasteiger partial charge >= 0.3 is 5.97 Å². The molecule has 0 bridgehead atoms. The lowest BCUT2D eigenvalue weighted by Crippen LogP contribution is -1.99. The van der Waals surface area contributed by atoms with Crippen molar-refractivity contribution in [1.82, 2.24) is 0 Å². The van der Waals surface area contributed by atoms with E-state index >= 15 is 0 Å². The molecule has 4 nitrogen and oxygen atoms in total. The van der Waals surface area contributed by atoms with Gasteiger partial charge in [0, 0.05) is 0 Å². The van der Waals surface area contributed by atoms with E-state index in [0.29, 0.717) is 17.9 Å². The number of ether oxygens (including phenoxy) is 1. The van der Waals surface area contributed by atoms with Gasteiger partial charge in [-0.15, -0.1) is 0 Å². The molecule has 0 unspecified atom stereocenters. The number of nitriles is 1. The minimum Gasteiger partial charge on any atom is -0.488 e. The molecule has 0 atom stereocenters. The second-order valence-corrected chi connectivity index (χ2v) is 6.87. The lowest BCUT2D eigenvalue weighted by Gasteiger charge is -2.09. The first kappa shape index (κ1) is 19.4. The van der Waals surface area contributed by atoms with E-state index in [0.717, 1.165) is 21.2 Å². The number of carbonyl (C=O) groups is 1. The Labute approximate surface area is 171 Å². The minimum absolute atomic E-state index is 0.243. The van der Waals surface area contributed by atoms with Crippen LogP contribution in [0.25, 0.3) is 11.6 Å². The molecule has 0 radical (unpaired) electrons. The Hall–Kier alpha value is -3.36. The van der Waals surface area contributed by atoms with Crippen molar-refractivity contribution in [3.63, 3.8) is 0 Å². The van der Waals surface area contributed by atoms with Crippen LogP contribution in [0.5, 0.6) is 5.75 Å². The fourth-order valence-electron chi connectivity index (χ4n) is 2.59. The molecule has 3 aromatic carbocycles. The SMILES string of the molecule is N#C/C(=C\c1ccc(OCc2ccc(C(=O)O)cc2)c(Br)c1)c1ccccc1. The molecular weight excluding hydrogens is 418 g/mol. The summed E-state index contributed by atoms with van der Waals surface area (Å²) in [5, 5.41) is 18.4. The Kier molecular flexibility index (Phi) is 6.25. The number of carboxylic acid groups (broad SMARTS) is 1. The second kappa shape index (κ2) is 9.03. The third-order valence-electron chi connectivity index (χ3n) is 4.07. The first-order valence-corrected chi connectivity index (χ1v) is 9.28. The van der Waals surface area contributed by atoms with Crippen LogP contribution in [-0.2, 0) is 6.61 Å². The Morgan fingerprint density at radius 3 is 2.36 bits per heavy atom. The van der Waals surface area contributed by atoms with Crippen molar-refractivity contribution in [2.75, 3.05) is 0 Å². The fourth-order valence-corrected chi connectivity index (χ4v) is 3.10. The lowest BCUT2D eigenvalue weighted by molar-refractivity contribution is 0.0697. The van der Waals surface area contributed by atoms with Crippen LogP contribution in [0.2, 0.25) is 0 Å². The summed E-state index contributed by atoms with van der Waals surface area (Å²) in [4.78, 5) is 10.9. The highest BCUT2D eigenvalue weighted by Gasteiger charge is 2.06. The molecular formula is C23H16BrNO3. The van der Waals surface area contributed by atoms with E-state index in [2.05, 4.69) is 22.0 Å². The molecule has 0 amide bonds. The zero-order valence-corrected chi connectivity index (χ0v) is 16.4. The molecule has 0 saturated heterocycles. The van der Waals surface area contributed by atoms with Crippen LogP contribution in [0.3, 0.4) is 0 Å². The number of carboxylic acids is 1. The smallest absolute Gasteiger partial charge is 0.335 e. The largest absolute Gasteiger partial charge is 0.488 e. The topological polar surface area (TPSA) is 70.3 Å². The van der Waals surface area contributed by atoms with Crippen molar-refractivity contribution in [3.8, 4) is 11.8 Å². The molecule has 0 saturated carbocycles. The van der Waals surface area contributed by atoms with E-state index in [-0.39, 0.29) is 5.56 Å². The van der Waals surface area contributed by atoms with Crippen LogP contribution >= 0.6 is 15.9 Å². The third kappa shape index (κ3) is 4.87. The van der Waals surface area contributed by atoms with Gasteiger partial charge in [0.25, 0.3) is 0 Å². The molecule has 28 heavy (non-hydrogen) atoms. The summed E-state index contributed by atoms with van der Waals surface area (Å²) in [6, 6.07) is 23.9. The van der Waals surface area contributed by atoms with Crippen molar-refractivity contribution >= 4 is 33.5 Å². The number of aromatic carboxylic acids is 1. The van der Waals surface area contributed by atoms with Gasteiger partial charge in [0.2, 0.25) is 0 Å². The average molecular weight is 434 g/mol. The Morgan fingerprint density at radius 2 is 1.75 bits per heavy atom. The molecule has 138 valence electrons. The number of hydrogen-bond donors (Lipinski definition) is 1. The zero-order chi connectivity index (χ0) is 19.9. The predicted molar refractivity (Wildman–Crippen MR) is 112 cm³/mol. The molecule has 0 aromatic heterocycles. The Balaban J connectivity index is 1.72. The van der Waals surface area contributed by atoms with Gasteiger partial charge in [-0.25, -0.2) is 4.79 Å². The van der Waals surface area contributed by atoms with Gasteiger partial charge in [-0.2, -0.15) is 5.26 Å². The summed E-state index contributed by atoms with van der Waals surface area (Å²) >= 11 is 3.50. The number of hydrogen-bond acceptors (Lipinski definition) is 3. The third-order valence-corrected chi connectivity index (χ3v) is 4.69. The maximum absolute atomic E-state index is 10.9. The summed E-state index contributed by atoms with van der Waals surface area (Å²) in [6.45, 7) is 0.321. The van der Waals surface area contributed by atoms with Gasteiger partial charge in [-0.3, -0.25) is 0 Å². The highest BCUT2D eigenvalue weighted by molar-refractivity contribution is 9.10. The summed E-state index contributed by atoms with van der Waals surface area (Å²) < 4.78 is 6.59. The molecule has 0 aliphatic heterocycles. The number of halogens is 1. The van der Waals surface area contributed by atoms with Crippen LogP contribution in [0, 0.1) is 11.3 Å². The minimum atomic E-state index is -0.953. The average Bonchev–Trinajstić information content (AvgIpc) is 2.72. The normalized spacial score (nSPS) is 10.9. The molecule has 0 heterocycles. The van der Waals surface area contributed by atoms with E-state index < -0.39 is 5.97 Å². The van der Waals surface area contributed by atoms with Crippen molar-refractivity contribution in [1.29, 1.82) is 5.26 Å². The molecule has 0 aliphatic rings. The van der Waals surface area contributed by atoms with Crippen LogP contribution in [0.15, 0.2) is 77.3 Å². The van der Waals surface area contributed by atoms with Gasteiger partial charge < -0.3 is 9.84 Å². The highest BCUT2D eigenvalue weighted by atomic mass is 79.9. The van der Waals surface area contributed by atoms with E-state index in [4.69, 9.17) is 9.84 Å². The van der Waals surface area contributed by atoms with Gasteiger partial charge in [-0.05, 0) is 63.0 Å². The van der Waals surface area contributed by atoms with E-state index in [1.165, 1.54) is 0 Å². The van der Waals surface area contributed by atoms with Crippen molar-refractivity contribution in [3.05, 3.63) is 99.5 Å². The highest BCUT2D eigenvalue weighted by Crippen LogP contribution is 2.28. The first-order chi connectivity index (χ1) is 13.6. The Morgan fingerprint density at radius 1 is 1.04 bits per heavy atom. The summed E-state index contributed by atoms with van der Waals surface area (Å²) in [6.07, 6.45) is 1.83. The van der Waals surface area contributed by atoms with Gasteiger partial charge in [0.1, 0.15) is 12.4 Å². The van der Waals surface area contributed by atoms with Gasteiger partial charge in [-0.1, -0.05) is 48.5 Å². The maximum atomic E-state index is 10.9. The molecule has 5 heteroatoms. The summed E-state index contributed by atoms with van der Waals surface area (Å²) in [5.74, 6) is -0.288. The Bertz CT molecular complexity index is 1050. The predicted octanol–water partition coefficient (Wildman–Crippen LogP) is 5.79. The fraction of sp³-hybridized carbons (Fsp3) is 0.0435. The molecule has 3 aromatic rings. The standard InChI is InChI=1S/C23H16BrNO3/c24-21-13-17(12-20(14-25)18-4-2-1-3-5-18)8-11-22(21)28-15-16-6-9-19(10-7-16)23(26)27/h1-13H,15H2,(H,26,27)/b20-12+. The van der Waals surface area contributed by atoms with Crippen LogP contribution in [0.4, 0.5) is 0 Å². The van der Waals surface area contributed by atoms with Crippen LogP contribution < -0.4 is 4.74 Å². The molecule has 0 aliphatic carbocycles. The number of nitrogens with zero attached hydrogens (tertiary/aromatic N) is 1. The lowest BCUT2D eigenvalue weighted by atomic mass is 10.0. The van der Waals surface area contributed by atoms with E-state index in [1.54, 1.807) is 24.3 Å². The van der Waals surface area contributed by atoms with Gasteiger partial charge in [0.15, 0.2) is 0 Å². The summed E-state index contributed by atoms with van der Waals surface area (Å²) in [7, 11) is 0. The molecule has 0 fully saturated rings. The molecule has 1 N–H and O–H groups in total. The maximum Gasteiger partial charge on any atom is 0.335 e. The first-order valence-electron chi connectivity index (χ1n) is 8.48. The molecule has 3 rings (SSSR count). The van der Waals surface area contributed by atoms with E-state index in [9.17, 15) is 10.1 Å².